The largest absolute Gasteiger partial charge is 0.479 e. The number of carboxylic acid groups (broad SMARTS) is 1. The van der Waals surface area contributed by atoms with Crippen LogP contribution in [0.1, 0.15) is 26.7 Å². The quantitative estimate of drug-likeness (QED) is 0.858. The lowest BCUT2D eigenvalue weighted by molar-refractivity contribution is -0.143. The van der Waals surface area contributed by atoms with Gasteiger partial charge in [-0.1, -0.05) is 19.9 Å². The fourth-order valence-electron chi connectivity index (χ4n) is 2.10. The van der Waals surface area contributed by atoms with Gasteiger partial charge in [-0.15, -0.1) is 0 Å². The molecule has 0 heterocycles. The highest BCUT2D eigenvalue weighted by Gasteiger charge is 2.39. The molecule has 0 aliphatic carbocycles. The molecule has 0 spiro atoms. The van der Waals surface area contributed by atoms with Crippen molar-refractivity contribution in [3.63, 3.8) is 0 Å². The Labute approximate surface area is 101 Å². The van der Waals surface area contributed by atoms with Crippen LogP contribution in [0.15, 0.2) is 24.3 Å². The molecule has 1 rings (SSSR count). The maximum atomic E-state index is 13.2. The van der Waals surface area contributed by atoms with Crippen LogP contribution in [0.2, 0.25) is 0 Å². The molecule has 0 amide bonds. The van der Waals surface area contributed by atoms with Crippen LogP contribution >= 0.6 is 0 Å². The first-order chi connectivity index (χ1) is 7.97. The third-order valence-corrected chi connectivity index (χ3v) is 3.41. The van der Waals surface area contributed by atoms with Crippen LogP contribution in [0, 0.1) is 5.82 Å². The Bertz CT molecular complexity index is 402. The van der Waals surface area contributed by atoms with E-state index in [1.165, 1.54) is 12.1 Å². The standard InChI is InChI=1S/C13H18FNO2/c1-4-13(5-2,12(16)17)15(3)11-8-6-7-10(14)9-11/h6-9H,4-5H2,1-3H3,(H,16,17). The number of benzene rings is 1. The first kappa shape index (κ1) is 13.5. The molecular formula is C13H18FNO2. The van der Waals surface area contributed by atoms with Crippen molar-refractivity contribution in [3.05, 3.63) is 30.1 Å². The summed E-state index contributed by atoms with van der Waals surface area (Å²) >= 11 is 0. The van der Waals surface area contributed by atoms with Gasteiger partial charge in [0, 0.05) is 12.7 Å². The summed E-state index contributed by atoms with van der Waals surface area (Å²) in [6, 6.07) is 5.99. The number of nitrogens with zero attached hydrogens (tertiary/aromatic N) is 1. The highest BCUT2D eigenvalue weighted by Crippen LogP contribution is 2.29. The molecule has 1 N–H and O–H groups in total. The van der Waals surface area contributed by atoms with Crippen molar-refractivity contribution in [2.45, 2.75) is 32.2 Å². The topological polar surface area (TPSA) is 40.5 Å². The van der Waals surface area contributed by atoms with Gasteiger partial charge in [0.1, 0.15) is 11.4 Å². The molecule has 1 aromatic carbocycles. The Balaban J connectivity index is 3.16. The second-order valence-corrected chi connectivity index (χ2v) is 4.08. The van der Waals surface area contributed by atoms with Crippen LogP contribution in [0.25, 0.3) is 0 Å². The van der Waals surface area contributed by atoms with Crippen molar-refractivity contribution in [2.24, 2.45) is 0 Å². The zero-order valence-electron chi connectivity index (χ0n) is 10.4. The number of aliphatic carboxylic acids is 1. The van der Waals surface area contributed by atoms with Crippen LogP contribution in [-0.2, 0) is 4.79 Å². The molecule has 0 aliphatic rings. The second-order valence-electron chi connectivity index (χ2n) is 4.08. The molecular weight excluding hydrogens is 221 g/mol. The Morgan fingerprint density at radius 2 is 2.00 bits per heavy atom. The van der Waals surface area contributed by atoms with E-state index in [9.17, 15) is 14.3 Å². The Morgan fingerprint density at radius 3 is 2.41 bits per heavy atom. The lowest BCUT2D eigenvalue weighted by atomic mass is 9.90. The van der Waals surface area contributed by atoms with Crippen LogP contribution in [0.4, 0.5) is 10.1 Å². The molecule has 0 fully saturated rings. The summed E-state index contributed by atoms with van der Waals surface area (Å²) in [7, 11) is 1.69. The van der Waals surface area contributed by atoms with Gasteiger partial charge in [0.25, 0.3) is 0 Å². The number of carbonyl (C=O) groups is 1. The highest BCUT2D eigenvalue weighted by atomic mass is 19.1. The van der Waals surface area contributed by atoms with E-state index >= 15 is 0 Å². The Kier molecular flexibility index (Phi) is 4.10. The maximum Gasteiger partial charge on any atom is 0.329 e. The van der Waals surface area contributed by atoms with Crippen molar-refractivity contribution >= 4 is 11.7 Å². The van der Waals surface area contributed by atoms with Crippen LogP contribution in [0.5, 0.6) is 0 Å². The SMILES string of the molecule is CCC(CC)(C(=O)O)N(C)c1cccc(F)c1. The molecule has 0 radical (unpaired) electrons. The molecule has 3 nitrogen and oxygen atoms in total. The zero-order valence-corrected chi connectivity index (χ0v) is 10.4. The minimum atomic E-state index is -0.978. The number of halogens is 1. The molecule has 0 aromatic heterocycles. The number of anilines is 1. The van der Waals surface area contributed by atoms with E-state index in [0.717, 1.165) is 0 Å². The van der Waals surface area contributed by atoms with Crippen molar-refractivity contribution in [3.8, 4) is 0 Å². The molecule has 0 bridgehead atoms. The zero-order chi connectivity index (χ0) is 13.1. The molecule has 1 aromatic rings. The lowest BCUT2D eigenvalue weighted by Gasteiger charge is -2.38. The third kappa shape index (κ3) is 2.40. The van der Waals surface area contributed by atoms with Crippen molar-refractivity contribution < 1.29 is 14.3 Å². The van der Waals surface area contributed by atoms with Crippen LogP contribution in [-0.4, -0.2) is 23.7 Å². The predicted molar refractivity (Wildman–Crippen MR) is 65.8 cm³/mol. The number of rotatable bonds is 5. The fraction of sp³-hybridized carbons (Fsp3) is 0.462. The van der Waals surface area contributed by atoms with Gasteiger partial charge in [0.05, 0.1) is 0 Å². The van der Waals surface area contributed by atoms with Crippen LogP contribution in [0.3, 0.4) is 0 Å². The predicted octanol–water partition coefficient (Wildman–Crippen LogP) is 2.91. The molecule has 0 saturated heterocycles. The van der Waals surface area contributed by atoms with Crippen molar-refractivity contribution in [2.75, 3.05) is 11.9 Å². The maximum absolute atomic E-state index is 13.2. The van der Waals surface area contributed by atoms with E-state index in [-0.39, 0.29) is 5.82 Å². The summed E-state index contributed by atoms with van der Waals surface area (Å²) in [5, 5.41) is 9.39. The van der Waals surface area contributed by atoms with Crippen LogP contribution < -0.4 is 4.90 Å². The Morgan fingerprint density at radius 1 is 1.41 bits per heavy atom. The van der Waals surface area contributed by atoms with E-state index in [1.807, 2.05) is 13.8 Å². The number of hydrogen-bond donors (Lipinski definition) is 1. The average Bonchev–Trinajstić information content (AvgIpc) is 2.30. The van der Waals surface area contributed by atoms with Gasteiger partial charge in [-0.25, -0.2) is 9.18 Å². The van der Waals surface area contributed by atoms with E-state index in [0.29, 0.717) is 18.5 Å². The molecule has 0 saturated carbocycles. The molecule has 17 heavy (non-hydrogen) atoms. The monoisotopic (exact) mass is 239 g/mol. The number of hydrogen-bond acceptors (Lipinski definition) is 2. The van der Waals surface area contributed by atoms with Crippen molar-refractivity contribution in [1.29, 1.82) is 0 Å². The van der Waals surface area contributed by atoms with E-state index in [4.69, 9.17) is 0 Å². The molecule has 0 atom stereocenters. The molecule has 94 valence electrons. The summed E-state index contributed by atoms with van der Waals surface area (Å²) in [6.07, 6.45) is 0.928. The normalized spacial score (nSPS) is 11.3. The number of likely N-dealkylation sites (N-methyl/N-ethyl adjacent to an activating group) is 1. The number of carboxylic acids is 1. The first-order valence-electron chi connectivity index (χ1n) is 5.70. The fourth-order valence-corrected chi connectivity index (χ4v) is 2.10. The smallest absolute Gasteiger partial charge is 0.329 e. The first-order valence-corrected chi connectivity index (χ1v) is 5.70. The molecule has 0 aliphatic heterocycles. The van der Waals surface area contributed by atoms with E-state index < -0.39 is 11.5 Å². The van der Waals surface area contributed by atoms with Gasteiger partial charge >= 0.3 is 5.97 Å². The molecule has 0 unspecified atom stereocenters. The van der Waals surface area contributed by atoms with E-state index in [2.05, 4.69) is 0 Å². The summed E-state index contributed by atoms with van der Waals surface area (Å²) < 4.78 is 13.2. The third-order valence-electron chi connectivity index (χ3n) is 3.41. The molecule has 4 heteroatoms. The summed E-state index contributed by atoms with van der Waals surface area (Å²) in [5.41, 5.74) is -0.399. The Hall–Kier alpha value is -1.58. The van der Waals surface area contributed by atoms with Gasteiger partial charge in [0.15, 0.2) is 0 Å². The summed E-state index contributed by atoms with van der Waals surface area (Å²) in [4.78, 5) is 13.1. The van der Waals surface area contributed by atoms with Gasteiger partial charge in [0.2, 0.25) is 0 Å². The highest BCUT2D eigenvalue weighted by molar-refractivity contribution is 5.83. The van der Waals surface area contributed by atoms with Gasteiger partial charge < -0.3 is 10.0 Å². The second kappa shape index (κ2) is 5.17. The van der Waals surface area contributed by atoms with Gasteiger partial charge in [-0.3, -0.25) is 0 Å². The van der Waals surface area contributed by atoms with E-state index in [1.54, 1.807) is 24.1 Å². The minimum Gasteiger partial charge on any atom is -0.479 e. The summed E-state index contributed by atoms with van der Waals surface area (Å²) in [6.45, 7) is 3.65. The summed E-state index contributed by atoms with van der Waals surface area (Å²) in [5.74, 6) is -1.24. The lowest BCUT2D eigenvalue weighted by Crippen LogP contribution is -2.52. The average molecular weight is 239 g/mol. The minimum absolute atomic E-state index is 0.360. The van der Waals surface area contributed by atoms with Crippen molar-refractivity contribution in [1.82, 2.24) is 0 Å². The van der Waals surface area contributed by atoms with Gasteiger partial charge in [-0.05, 0) is 31.0 Å². The van der Waals surface area contributed by atoms with Gasteiger partial charge in [-0.2, -0.15) is 0 Å².